The monoisotopic (exact) mass is 337 g/mol. The standard InChI is InChI=1S/C24H19NO/c26-24-13-7-8-20(18-24)19-14-16-23(17-15-19)25(21-9-3-1-4-10-21)22-11-5-2-6-12-22/h1-18,26H. The molecule has 126 valence electrons. The Bertz CT molecular complexity index is 940. The number of aromatic hydroxyl groups is 1. The molecule has 4 aromatic rings. The van der Waals surface area contributed by atoms with Gasteiger partial charge in [-0.15, -0.1) is 0 Å². The Labute approximate surface area is 153 Å². The summed E-state index contributed by atoms with van der Waals surface area (Å²) >= 11 is 0. The topological polar surface area (TPSA) is 23.5 Å². The first kappa shape index (κ1) is 16.0. The van der Waals surface area contributed by atoms with Crippen molar-refractivity contribution in [2.45, 2.75) is 0 Å². The number of hydrogen-bond donors (Lipinski definition) is 1. The molecule has 0 heterocycles. The van der Waals surface area contributed by atoms with Crippen LogP contribution < -0.4 is 4.90 Å². The molecule has 0 spiro atoms. The second-order valence-corrected chi connectivity index (χ2v) is 6.10. The molecule has 0 amide bonds. The summed E-state index contributed by atoms with van der Waals surface area (Å²) in [5, 5.41) is 9.71. The molecule has 1 N–H and O–H groups in total. The summed E-state index contributed by atoms with van der Waals surface area (Å²) in [5.74, 6) is 0.279. The maximum Gasteiger partial charge on any atom is 0.116 e. The fraction of sp³-hybridized carbons (Fsp3) is 0. The van der Waals surface area contributed by atoms with Crippen LogP contribution in [0.5, 0.6) is 5.75 Å². The second kappa shape index (κ2) is 7.16. The van der Waals surface area contributed by atoms with E-state index in [4.69, 9.17) is 0 Å². The highest BCUT2D eigenvalue weighted by molar-refractivity contribution is 5.78. The van der Waals surface area contributed by atoms with E-state index in [1.54, 1.807) is 12.1 Å². The summed E-state index contributed by atoms with van der Waals surface area (Å²) in [6.45, 7) is 0. The number of hydrogen-bond acceptors (Lipinski definition) is 2. The zero-order valence-electron chi connectivity index (χ0n) is 14.3. The first-order chi connectivity index (χ1) is 12.8. The molecule has 2 heteroatoms. The van der Waals surface area contributed by atoms with Gasteiger partial charge < -0.3 is 10.0 Å². The third-order valence-corrected chi connectivity index (χ3v) is 4.33. The van der Waals surface area contributed by atoms with Gasteiger partial charge in [-0.2, -0.15) is 0 Å². The Morgan fingerprint density at radius 3 is 1.54 bits per heavy atom. The van der Waals surface area contributed by atoms with E-state index in [-0.39, 0.29) is 5.75 Å². The highest BCUT2D eigenvalue weighted by atomic mass is 16.3. The molecule has 0 atom stereocenters. The van der Waals surface area contributed by atoms with Crippen LogP contribution >= 0.6 is 0 Å². The highest BCUT2D eigenvalue weighted by Gasteiger charge is 2.11. The van der Waals surface area contributed by atoms with E-state index in [0.29, 0.717) is 0 Å². The second-order valence-electron chi connectivity index (χ2n) is 6.10. The lowest BCUT2D eigenvalue weighted by molar-refractivity contribution is 0.475. The first-order valence-corrected chi connectivity index (χ1v) is 8.61. The van der Waals surface area contributed by atoms with Crippen molar-refractivity contribution in [2.24, 2.45) is 0 Å². The number of rotatable bonds is 4. The van der Waals surface area contributed by atoms with Crippen molar-refractivity contribution < 1.29 is 5.11 Å². The Hall–Kier alpha value is -3.52. The van der Waals surface area contributed by atoms with Crippen LogP contribution in [-0.4, -0.2) is 5.11 Å². The van der Waals surface area contributed by atoms with Crippen molar-refractivity contribution in [3.63, 3.8) is 0 Å². The molecule has 0 fully saturated rings. The fourth-order valence-electron chi connectivity index (χ4n) is 3.09. The van der Waals surface area contributed by atoms with Crippen molar-refractivity contribution in [3.05, 3.63) is 109 Å². The van der Waals surface area contributed by atoms with E-state index in [1.165, 1.54) is 0 Å². The molecule has 2 nitrogen and oxygen atoms in total. The molecular weight excluding hydrogens is 318 g/mol. The van der Waals surface area contributed by atoms with Crippen molar-refractivity contribution in [3.8, 4) is 16.9 Å². The van der Waals surface area contributed by atoms with E-state index in [1.807, 2.05) is 48.5 Å². The van der Waals surface area contributed by atoms with Gasteiger partial charge in [0.2, 0.25) is 0 Å². The molecule has 4 aromatic carbocycles. The largest absolute Gasteiger partial charge is 0.508 e. The van der Waals surface area contributed by atoms with E-state index in [0.717, 1.165) is 28.2 Å². The predicted octanol–water partition coefficient (Wildman–Crippen LogP) is 6.53. The van der Waals surface area contributed by atoms with E-state index >= 15 is 0 Å². The molecule has 0 aromatic heterocycles. The normalized spacial score (nSPS) is 10.5. The van der Waals surface area contributed by atoms with Crippen molar-refractivity contribution >= 4 is 17.1 Å². The van der Waals surface area contributed by atoms with Crippen LogP contribution in [-0.2, 0) is 0 Å². The smallest absolute Gasteiger partial charge is 0.116 e. The number of phenolic OH excluding ortho intramolecular Hbond substituents is 1. The maximum absolute atomic E-state index is 9.71. The lowest BCUT2D eigenvalue weighted by Gasteiger charge is -2.25. The van der Waals surface area contributed by atoms with Crippen LogP contribution in [0.3, 0.4) is 0 Å². The molecule has 0 saturated heterocycles. The highest BCUT2D eigenvalue weighted by Crippen LogP contribution is 2.35. The van der Waals surface area contributed by atoms with Crippen LogP contribution in [0.25, 0.3) is 11.1 Å². The minimum atomic E-state index is 0.279. The third-order valence-electron chi connectivity index (χ3n) is 4.33. The molecule has 26 heavy (non-hydrogen) atoms. The zero-order chi connectivity index (χ0) is 17.8. The van der Waals surface area contributed by atoms with Gasteiger partial charge in [-0.05, 0) is 59.7 Å². The SMILES string of the molecule is Oc1cccc(-c2ccc(N(c3ccccc3)c3ccccc3)cc2)c1. The molecule has 0 saturated carbocycles. The average Bonchev–Trinajstić information content (AvgIpc) is 2.70. The number of para-hydroxylation sites is 2. The van der Waals surface area contributed by atoms with E-state index < -0.39 is 0 Å². The van der Waals surface area contributed by atoms with Gasteiger partial charge in [0.1, 0.15) is 5.75 Å². The summed E-state index contributed by atoms with van der Waals surface area (Å²) in [6, 6.07) is 36.4. The quantitative estimate of drug-likeness (QED) is 0.457. The first-order valence-electron chi connectivity index (χ1n) is 8.61. The number of nitrogens with zero attached hydrogens (tertiary/aromatic N) is 1. The minimum Gasteiger partial charge on any atom is -0.508 e. The van der Waals surface area contributed by atoms with Gasteiger partial charge in [0, 0.05) is 17.1 Å². The predicted molar refractivity (Wildman–Crippen MR) is 108 cm³/mol. The average molecular weight is 337 g/mol. The maximum atomic E-state index is 9.71. The van der Waals surface area contributed by atoms with Gasteiger partial charge in [0.05, 0.1) is 0 Å². The summed E-state index contributed by atoms with van der Waals surface area (Å²) in [5.41, 5.74) is 5.40. The molecule has 0 aliphatic carbocycles. The van der Waals surface area contributed by atoms with Crippen LogP contribution in [0, 0.1) is 0 Å². The Kier molecular flexibility index (Phi) is 4.40. The van der Waals surface area contributed by atoms with Crippen LogP contribution in [0.15, 0.2) is 109 Å². The lowest BCUT2D eigenvalue weighted by Crippen LogP contribution is -2.09. The molecular formula is C24H19NO. The van der Waals surface area contributed by atoms with E-state index in [9.17, 15) is 5.11 Å². The Morgan fingerprint density at radius 1 is 0.462 bits per heavy atom. The Balaban J connectivity index is 1.75. The van der Waals surface area contributed by atoms with Gasteiger partial charge in [0.25, 0.3) is 0 Å². The number of benzene rings is 4. The van der Waals surface area contributed by atoms with Gasteiger partial charge >= 0.3 is 0 Å². The van der Waals surface area contributed by atoms with Crippen molar-refractivity contribution in [2.75, 3.05) is 4.90 Å². The summed E-state index contributed by atoms with van der Waals surface area (Å²) in [7, 11) is 0. The number of phenols is 1. The van der Waals surface area contributed by atoms with Gasteiger partial charge in [0.15, 0.2) is 0 Å². The van der Waals surface area contributed by atoms with Crippen LogP contribution in [0.4, 0.5) is 17.1 Å². The van der Waals surface area contributed by atoms with Gasteiger partial charge in [-0.25, -0.2) is 0 Å². The zero-order valence-corrected chi connectivity index (χ0v) is 14.3. The molecule has 0 aliphatic heterocycles. The summed E-state index contributed by atoms with van der Waals surface area (Å²) in [6.07, 6.45) is 0. The third kappa shape index (κ3) is 3.31. The van der Waals surface area contributed by atoms with Gasteiger partial charge in [-0.1, -0.05) is 60.7 Å². The molecule has 4 rings (SSSR count). The van der Waals surface area contributed by atoms with Gasteiger partial charge in [-0.3, -0.25) is 0 Å². The Morgan fingerprint density at radius 2 is 1.00 bits per heavy atom. The minimum absolute atomic E-state index is 0.279. The van der Waals surface area contributed by atoms with Crippen molar-refractivity contribution in [1.82, 2.24) is 0 Å². The summed E-state index contributed by atoms with van der Waals surface area (Å²) in [4.78, 5) is 2.23. The molecule has 0 unspecified atom stereocenters. The van der Waals surface area contributed by atoms with E-state index in [2.05, 4.69) is 53.4 Å². The van der Waals surface area contributed by atoms with Crippen LogP contribution in [0.1, 0.15) is 0 Å². The molecule has 0 aliphatic rings. The fourth-order valence-corrected chi connectivity index (χ4v) is 3.09. The molecule has 0 bridgehead atoms. The van der Waals surface area contributed by atoms with Crippen molar-refractivity contribution in [1.29, 1.82) is 0 Å². The number of anilines is 3. The molecule has 0 radical (unpaired) electrons. The van der Waals surface area contributed by atoms with Crippen LogP contribution in [0.2, 0.25) is 0 Å². The summed E-state index contributed by atoms with van der Waals surface area (Å²) < 4.78 is 0. The lowest BCUT2D eigenvalue weighted by atomic mass is 10.0.